The van der Waals surface area contributed by atoms with E-state index in [1.54, 1.807) is 12.3 Å². The molecule has 2 rings (SSSR count). The number of piperazine rings is 1. The molecule has 1 aromatic rings. The Bertz CT molecular complexity index is 356. The molecule has 2 heterocycles. The number of aromatic nitrogens is 1. The topological polar surface area (TPSA) is 28.2 Å². The lowest BCUT2D eigenvalue weighted by atomic mass is 10.1. The maximum atomic E-state index is 13.1. The molecule has 0 saturated carbocycles. The zero-order valence-electron chi connectivity index (χ0n) is 9.78. The Hall–Kier alpha value is -1.00. The number of halogens is 1. The van der Waals surface area contributed by atoms with E-state index >= 15 is 0 Å². The van der Waals surface area contributed by atoms with Gasteiger partial charge in [0, 0.05) is 37.9 Å². The molecular weight excluding hydrogens is 205 g/mol. The summed E-state index contributed by atoms with van der Waals surface area (Å²) in [6.07, 6.45) is 3.00. The second-order valence-corrected chi connectivity index (χ2v) is 4.46. The minimum atomic E-state index is -0.257. The van der Waals surface area contributed by atoms with Crippen molar-refractivity contribution >= 4 is 0 Å². The van der Waals surface area contributed by atoms with E-state index in [4.69, 9.17) is 0 Å². The molecule has 1 aromatic heterocycles. The smallest absolute Gasteiger partial charge is 0.141 e. The van der Waals surface area contributed by atoms with Crippen molar-refractivity contribution in [1.29, 1.82) is 0 Å². The van der Waals surface area contributed by atoms with Gasteiger partial charge in [0.2, 0.25) is 0 Å². The van der Waals surface area contributed by atoms with Crippen LogP contribution in [-0.2, 0) is 0 Å². The van der Waals surface area contributed by atoms with Gasteiger partial charge in [-0.1, -0.05) is 0 Å². The van der Waals surface area contributed by atoms with Crippen LogP contribution >= 0.6 is 0 Å². The minimum Gasteiger partial charge on any atom is -0.312 e. The van der Waals surface area contributed by atoms with Crippen LogP contribution in [0, 0.1) is 5.82 Å². The summed E-state index contributed by atoms with van der Waals surface area (Å²) in [5.74, 6) is -0.257. The van der Waals surface area contributed by atoms with Crippen LogP contribution in [0.4, 0.5) is 4.39 Å². The highest BCUT2D eigenvalue weighted by Gasteiger charge is 2.21. The van der Waals surface area contributed by atoms with E-state index in [2.05, 4.69) is 29.0 Å². The van der Waals surface area contributed by atoms with Gasteiger partial charge in [-0.15, -0.1) is 0 Å². The van der Waals surface area contributed by atoms with E-state index in [9.17, 15) is 4.39 Å². The van der Waals surface area contributed by atoms with Crippen LogP contribution in [0.15, 0.2) is 18.5 Å². The first kappa shape index (κ1) is 11.5. The zero-order chi connectivity index (χ0) is 11.5. The van der Waals surface area contributed by atoms with Crippen LogP contribution in [0.3, 0.4) is 0 Å². The molecule has 3 nitrogen and oxygen atoms in total. The maximum absolute atomic E-state index is 13.1. The predicted octanol–water partition coefficient (Wildman–Crippen LogP) is 1.58. The van der Waals surface area contributed by atoms with Gasteiger partial charge < -0.3 is 5.32 Å². The third-order valence-electron chi connectivity index (χ3n) is 3.16. The van der Waals surface area contributed by atoms with E-state index in [1.807, 2.05) is 0 Å². The number of rotatable bonds is 2. The van der Waals surface area contributed by atoms with Crippen molar-refractivity contribution in [3.63, 3.8) is 0 Å². The molecule has 1 aliphatic heterocycles. The summed E-state index contributed by atoms with van der Waals surface area (Å²) in [4.78, 5) is 6.26. The molecule has 2 unspecified atom stereocenters. The molecular formula is C12H18FN3. The summed E-state index contributed by atoms with van der Waals surface area (Å²) in [7, 11) is 0. The third kappa shape index (κ3) is 2.57. The standard InChI is InChI=1S/C12H18FN3/c1-9-8-16(4-3-15-9)10(2)11-5-12(13)7-14-6-11/h5-7,9-10,15H,3-4,8H2,1-2H3. The highest BCUT2D eigenvalue weighted by atomic mass is 19.1. The predicted molar refractivity (Wildman–Crippen MR) is 61.6 cm³/mol. The quantitative estimate of drug-likeness (QED) is 0.825. The molecule has 0 bridgehead atoms. The fraction of sp³-hybridized carbons (Fsp3) is 0.583. The summed E-state index contributed by atoms with van der Waals surface area (Å²) in [5.41, 5.74) is 0.953. The van der Waals surface area contributed by atoms with Crippen LogP contribution in [-0.4, -0.2) is 35.6 Å². The van der Waals surface area contributed by atoms with Crippen LogP contribution in [0.1, 0.15) is 25.5 Å². The molecule has 1 N–H and O–H groups in total. The molecule has 0 radical (unpaired) electrons. The monoisotopic (exact) mass is 223 g/mol. The van der Waals surface area contributed by atoms with Gasteiger partial charge in [0.15, 0.2) is 0 Å². The van der Waals surface area contributed by atoms with Gasteiger partial charge in [0.1, 0.15) is 5.82 Å². The van der Waals surface area contributed by atoms with Crippen molar-refractivity contribution < 1.29 is 4.39 Å². The average Bonchev–Trinajstić information content (AvgIpc) is 2.28. The third-order valence-corrected chi connectivity index (χ3v) is 3.16. The Labute approximate surface area is 95.7 Å². The largest absolute Gasteiger partial charge is 0.312 e. The van der Waals surface area contributed by atoms with Crippen molar-refractivity contribution in [2.24, 2.45) is 0 Å². The SMILES string of the molecule is CC1CN(C(C)c2cncc(F)c2)CCN1. The molecule has 1 aliphatic rings. The van der Waals surface area contributed by atoms with Gasteiger partial charge in [0.25, 0.3) is 0 Å². The second kappa shape index (κ2) is 4.89. The van der Waals surface area contributed by atoms with Crippen LogP contribution in [0.5, 0.6) is 0 Å². The zero-order valence-corrected chi connectivity index (χ0v) is 9.78. The van der Waals surface area contributed by atoms with Gasteiger partial charge >= 0.3 is 0 Å². The summed E-state index contributed by atoms with van der Waals surface area (Å²) in [5, 5.41) is 3.40. The van der Waals surface area contributed by atoms with Crippen molar-refractivity contribution in [3.05, 3.63) is 29.8 Å². The van der Waals surface area contributed by atoms with Gasteiger partial charge in [0.05, 0.1) is 6.20 Å². The van der Waals surface area contributed by atoms with Gasteiger partial charge in [-0.25, -0.2) is 4.39 Å². The maximum Gasteiger partial charge on any atom is 0.141 e. The highest BCUT2D eigenvalue weighted by molar-refractivity contribution is 5.14. The van der Waals surface area contributed by atoms with Crippen LogP contribution < -0.4 is 5.32 Å². The Morgan fingerprint density at radius 1 is 1.56 bits per heavy atom. The summed E-state index contributed by atoms with van der Waals surface area (Å²) in [6.45, 7) is 7.27. The van der Waals surface area contributed by atoms with Crippen molar-refractivity contribution in [1.82, 2.24) is 15.2 Å². The first-order chi connectivity index (χ1) is 7.66. The molecule has 16 heavy (non-hydrogen) atoms. The van der Waals surface area contributed by atoms with Gasteiger partial charge in [-0.05, 0) is 25.5 Å². The van der Waals surface area contributed by atoms with Crippen molar-refractivity contribution in [2.45, 2.75) is 25.9 Å². The Morgan fingerprint density at radius 3 is 3.06 bits per heavy atom. The Balaban J connectivity index is 2.09. The Kier molecular flexibility index (Phi) is 3.51. The first-order valence-electron chi connectivity index (χ1n) is 5.74. The van der Waals surface area contributed by atoms with E-state index < -0.39 is 0 Å². The highest BCUT2D eigenvalue weighted by Crippen LogP contribution is 2.20. The van der Waals surface area contributed by atoms with Gasteiger partial charge in [-0.2, -0.15) is 0 Å². The number of nitrogens with one attached hydrogen (secondary N) is 1. The average molecular weight is 223 g/mol. The molecule has 88 valence electrons. The second-order valence-electron chi connectivity index (χ2n) is 4.46. The minimum absolute atomic E-state index is 0.229. The van der Waals surface area contributed by atoms with E-state index in [1.165, 1.54) is 6.20 Å². The van der Waals surface area contributed by atoms with E-state index in [0.717, 1.165) is 25.2 Å². The summed E-state index contributed by atoms with van der Waals surface area (Å²) >= 11 is 0. The van der Waals surface area contributed by atoms with Crippen LogP contribution in [0.25, 0.3) is 0 Å². The normalized spacial score (nSPS) is 24.3. The molecule has 4 heteroatoms. The summed E-state index contributed by atoms with van der Waals surface area (Å²) < 4.78 is 13.1. The molecule has 2 atom stereocenters. The molecule has 1 fully saturated rings. The van der Waals surface area contributed by atoms with Crippen molar-refractivity contribution in [2.75, 3.05) is 19.6 Å². The number of pyridine rings is 1. The molecule has 0 spiro atoms. The number of nitrogens with zero attached hydrogens (tertiary/aromatic N) is 2. The first-order valence-corrected chi connectivity index (χ1v) is 5.74. The molecule has 1 saturated heterocycles. The van der Waals surface area contributed by atoms with E-state index in [-0.39, 0.29) is 11.9 Å². The molecule has 0 aliphatic carbocycles. The number of hydrogen-bond acceptors (Lipinski definition) is 3. The molecule has 0 aromatic carbocycles. The summed E-state index contributed by atoms with van der Waals surface area (Å²) in [6, 6.07) is 2.30. The fourth-order valence-electron chi connectivity index (χ4n) is 2.18. The van der Waals surface area contributed by atoms with Crippen LogP contribution in [0.2, 0.25) is 0 Å². The lowest BCUT2D eigenvalue weighted by Crippen LogP contribution is -2.49. The Morgan fingerprint density at radius 2 is 2.38 bits per heavy atom. The number of hydrogen-bond donors (Lipinski definition) is 1. The lowest BCUT2D eigenvalue weighted by Gasteiger charge is -2.36. The van der Waals surface area contributed by atoms with E-state index in [0.29, 0.717) is 6.04 Å². The van der Waals surface area contributed by atoms with Gasteiger partial charge in [-0.3, -0.25) is 9.88 Å². The molecule has 0 amide bonds. The fourth-order valence-corrected chi connectivity index (χ4v) is 2.18. The van der Waals surface area contributed by atoms with Crippen molar-refractivity contribution in [3.8, 4) is 0 Å². The lowest BCUT2D eigenvalue weighted by molar-refractivity contribution is 0.158.